The third-order valence-electron chi connectivity index (χ3n) is 3.83. The number of amides is 1. The van der Waals surface area contributed by atoms with Gasteiger partial charge in [-0.05, 0) is 32.0 Å². The van der Waals surface area contributed by atoms with Crippen molar-refractivity contribution in [2.24, 2.45) is 0 Å². The lowest BCUT2D eigenvalue weighted by Crippen LogP contribution is -2.49. The Bertz CT molecular complexity index is 774. The Morgan fingerprint density at radius 2 is 2.08 bits per heavy atom. The zero-order valence-electron chi connectivity index (χ0n) is 13.6. The number of anilines is 1. The molecule has 2 aromatic rings. The van der Waals surface area contributed by atoms with Crippen molar-refractivity contribution in [2.45, 2.75) is 32.6 Å². The van der Waals surface area contributed by atoms with Gasteiger partial charge in [0.15, 0.2) is 5.76 Å². The van der Waals surface area contributed by atoms with Crippen LogP contribution in [0.15, 0.2) is 33.7 Å². The topological polar surface area (TPSA) is 104 Å². The van der Waals surface area contributed by atoms with Gasteiger partial charge in [0.25, 0.3) is 5.56 Å². The molecule has 2 N–H and O–H groups in total. The van der Waals surface area contributed by atoms with Gasteiger partial charge >= 0.3 is 0 Å². The van der Waals surface area contributed by atoms with E-state index in [-0.39, 0.29) is 30.3 Å². The van der Waals surface area contributed by atoms with Gasteiger partial charge in [-0.2, -0.15) is 5.10 Å². The van der Waals surface area contributed by atoms with Gasteiger partial charge in [0.05, 0.1) is 18.5 Å². The van der Waals surface area contributed by atoms with E-state index >= 15 is 0 Å². The van der Waals surface area contributed by atoms with E-state index in [2.05, 4.69) is 5.10 Å². The zero-order chi connectivity index (χ0) is 17.3. The number of morpholine rings is 1. The minimum absolute atomic E-state index is 0.0212. The second-order valence-electron chi connectivity index (χ2n) is 5.98. The highest BCUT2D eigenvalue weighted by atomic mass is 16.5. The predicted octanol–water partition coefficient (Wildman–Crippen LogP) is 0.721. The van der Waals surface area contributed by atoms with Crippen LogP contribution in [0.3, 0.4) is 0 Å². The quantitative estimate of drug-likeness (QED) is 0.888. The summed E-state index contributed by atoms with van der Waals surface area (Å²) in [4.78, 5) is 26.4. The Labute approximate surface area is 138 Å². The van der Waals surface area contributed by atoms with Gasteiger partial charge in [0.1, 0.15) is 17.9 Å². The Hall–Kier alpha value is -2.61. The molecule has 3 rings (SSSR count). The van der Waals surface area contributed by atoms with Gasteiger partial charge in [0, 0.05) is 13.1 Å². The second-order valence-corrected chi connectivity index (χ2v) is 5.98. The van der Waals surface area contributed by atoms with Crippen LogP contribution in [0.4, 0.5) is 5.69 Å². The van der Waals surface area contributed by atoms with Crippen molar-refractivity contribution in [1.82, 2.24) is 14.7 Å². The van der Waals surface area contributed by atoms with E-state index in [1.165, 1.54) is 12.3 Å². The van der Waals surface area contributed by atoms with Crippen molar-refractivity contribution >= 4 is 11.6 Å². The third-order valence-corrected chi connectivity index (χ3v) is 3.83. The van der Waals surface area contributed by atoms with E-state index in [4.69, 9.17) is 14.9 Å². The average Bonchev–Trinajstić information content (AvgIpc) is 3.05. The first kappa shape index (κ1) is 16.3. The van der Waals surface area contributed by atoms with Gasteiger partial charge in [-0.15, -0.1) is 0 Å². The van der Waals surface area contributed by atoms with Crippen molar-refractivity contribution in [3.8, 4) is 11.5 Å². The van der Waals surface area contributed by atoms with Crippen molar-refractivity contribution in [1.29, 1.82) is 0 Å². The van der Waals surface area contributed by atoms with Crippen molar-refractivity contribution in [2.75, 3.05) is 18.8 Å². The van der Waals surface area contributed by atoms with Gasteiger partial charge in [-0.3, -0.25) is 9.59 Å². The summed E-state index contributed by atoms with van der Waals surface area (Å²) in [6, 6.07) is 4.87. The van der Waals surface area contributed by atoms with Crippen molar-refractivity contribution in [3.05, 3.63) is 34.8 Å². The fourth-order valence-corrected chi connectivity index (χ4v) is 2.82. The lowest BCUT2D eigenvalue weighted by molar-refractivity contribution is -0.144. The molecule has 0 aliphatic carbocycles. The molecule has 8 nitrogen and oxygen atoms in total. The molecule has 24 heavy (non-hydrogen) atoms. The Balaban J connectivity index is 1.84. The van der Waals surface area contributed by atoms with Crippen LogP contribution in [-0.4, -0.2) is 45.9 Å². The van der Waals surface area contributed by atoms with Crippen LogP contribution in [0.5, 0.6) is 0 Å². The minimum atomic E-state index is -0.493. The molecule has 1 saturated heterocycles. The Morgan fingerprint density at radius 1 is 1.38 bits per heavy atom. The summed E-state index contributed by atoms with van der Waals surface area (Å²) in [5.74, 6) is 0.291. The van der Waals surface area contributed by atoms with Crippen LogP contribution in [0.25, 0.3) is 11.5 Å². The first-order chi connectivity index (χ1) is 11.4. The predicted molar refractivity (Wildman–Crippen MR) is 87.2 cm³/mol. The minimum Gasteiger partial charge on any atom is -0.463 e. The van der Waals surface area contributed by atoms with Crippen LogP contribution in [0.2, 0.25) is 0 Å². The van der Waals surface area contributed by atoms with Gasteiger partial charge < -0.3 is 19.8 Å². The number of ether oxygens (including phenoxy) is 1. The lowest BCUT2D eigenvalue weighted by atomic mass is 10.2. The van der Waals surface area contributed by atoms with E-state index in [0.717, 1.165) is 4.68 Å². The number of nitrogen functional groups attached to an aromatic ring is 1. The van der Waals surface area contributed by atoms with Crippen LogP contribution in [0, 0.1) is 0 Å². The molecule has 1 fully saturated rings. The standard InChI is InChI=1S/C16H20N4O4/c1-10-7-19(8-11(2)24-10)15(21)9-20-16(22)12(17)6-13(18-20)14-4-3-5-23-14/h3-6,10-11H,7-9,17H2,1-2H3/t10-,11-/m0/s1. The zero-order valence-corrected chi connectivity index (χ0v) is 13.6. The van der Waals surface area contributed by atoms with E-state index in [0.29, 0.717) is 24.5 Å². The summed E-state index contributed by atoms with van der Waals surface area (Å²) in [6.07, 6.45) is 1.42. The molecule has 128 valence electrons. The maximum Gasteiger partial charge on any atom is 0.290 e. The van der Waals surface area contributed by atoms with E-state index < -0.39 is 5.56 Å². The molecule has 2 aromatic heterocycles. The number of hydrogen-bond acceptors (Lipinski definition) is 6. The Morgan fingerprint density at radius 3 is 2.71 bits per heavy atom. The summed E-state index contributed by atoms with van der Waals surface area (Å²) >= 11 is 0. The molecule has 1 amide bonds. The fraction of sp³-hybridized carbons (Fsp3) is 0.438. The number of aromatic nitrogens is 2. The smallest absolute Gasteiger partial charge is 0.290 e. The van der Waals surface area contributed by atoms with Gasteiger partial charge in [-0.25, -0.2) is 4.68 Å². The molecule has 0 spiro atoms. The highest BCUT2D eigenvalue weighted by Crippen LogP contribution is 2.17. The summed E-state index contributed by atoms with van der Waals surface area (Å²) < 4.78 is 12.0. The average molecular weight is 332 g/mol. The number of hydrogen-bond donors (Lipinski definition) is 1. The summed E-state index contributed by atoms with van der Waals surface area (Å²) in [6.45, 7) is 4.64. The second kappa shape index (κ2) is 6.48. The normalized spacial score (nSPS) is 21.0. The molecule has 0 unspecified atom stereocenters. The first-order valence-electron chi connectivity index (χ1n) is 7.79. The third kappa shape index (κ3) is 3.33. The maximum atomic E-state index is 12.5. The van der Waals surface area contributed by atoms with E-state index in [1.54, 1.807) is 17.0 Å². The molecule has 0 radical (unpaired) electrons. The molecule has 8 heteroatoms. The highest BCUT2D eigenvalue weighted by Gasteiger charge is 2.26. The lowest BCUT2D eigenvalue weighted by Gasteiger charge is -2.35. The molecule has 3 heterocycles. The van der Waals surface area contributed by atoms with Crippen molar-refractivity contribution < 1.29 is 13.9 Å². The number of nitrogens with zero attached hydrogens (tertiary/aromatic N) is 3. The molecule has 0 bridgehead atoms. The number of carbonyl (C=O) groups is 1. The molecule has 0 saturated carbocycles. The molecule has 1 aliphatic rings. The SMILES string of the molecule is C[C@H]1CN(C(=O)Cn2nc(-c3ccco3)cc(N)c2=O)C[C@H](C)O1. The largest absolute Gasteiger partial charge is 0.463 e. The van der Waals surface area contributed by atoms with E-state index in [9.17, 15) is 9.59 Å². The summed E-state index contributed by atoms with van der Waals surface area (Å²) in [5, 5.41) is 4.20. The number of nitrogens with two attached hydrogens (primary N) is 1. The van der Waals surface area contributed by atoms with Gasteiger partial charge in [-0.1, -0.05) is 0 Å². The number of rotatable bonds is 3. The van der Waals surface area contributed by atoms with Crippen LogP contribution >= 0.6 is 0 Å². The monoisotopic (exact) mass is 332 g/mol. The summed E-state index contributed by atoms with van der Waals surface area (Å²) in [7, 11) is 0. The fourth-order valence-electron chi connectivity index (χ4n) is 2.82. The molecular formula is C16H20N4O4. The van der Waals surface area contributed by atoms with Gasteiger partial charge in [0.2, 0.25) is 5.91 Å². The summed E-state index contributed by atoms with van der Waals surface area (Å²) in [5.41, 5.74) is 5.71. The first-order valence-corrected chi connectivity index (χ1v) is 7.79. The number of carbonyl (C=O) groups excluding carboxylic acids is 1. The van der Waals surface area contributed by atoms with Crippen LogP contribution in [0.1, 0.15) is 13.8 Å². The molecule has 0 aromatic carbocycles. The van der Waals surface area contributed by atoms with Crippen LogP contribution in [-0.2, 0) is 16.1 Å². The number of furan rings is 1. The molecule has 1 aliphatic heterocycles. The maximum absolute atomic E-state index is 12.5. The molecule has 2 atom stereocenters. The van der Waals surface area contributed by atoms with Crippen LogP contribution < -0.4 is 11.3 Å². The highest BCUT2D eigenvalue weighted by molar-refractivity contribution is 5.76. The van der Waals surface area contributed by atoms with Crippen molar-refractivity contribution in [3.63, 3.8) is 0 Å². The molecular weight excluding hydrogens is 312 g/mol. The van der Waals surface area contributed by atoms with E-state index in [1.807, 2.05) is 13.8 Å². The Kier molecular flexibility index (Phi) is 4.39.